The van der Waals surface area contributed by atoms with Crippen molar-refractivity contribution in [1.82, 2.24) is 15.5 Å². The number of benzene rings is 1. The molecule has 0 amide bonds. The Morgan fingerprint density at radius 3 is 2.82 bits per heavy atom. The highest BCUT2D eigenvalue weighted by molar-refractivity contribution is 9.10. The van der Waals surface area contributed by atoms with Crippen molar-refractivity contribution in [3.05, 3.63) is 33.7 Å². The number of nitrogens with one attached hydrogen (secondary N) is 1. The minimum atomic E-state index is 0.258. The molecule has 90 valence electrons. The lowest BCUT2D eigenvalue weighted by Gasteiger charge is -2.06. The van der Waals surface area contributed by atoms with Crippen molar-refractivity contribution in [3.63, 3.8) is 0 Å². The molecule has 0 aliphatic carbocycles. The van der Waals surface area contributed by atoms with Crippen LogP contribution in [0.15, 0.2) is 28.7 Å². The van der Waals surface area contributed by atoms with Crippen LogP contribution in [0.25, 0.3) is 10.6 Å². The molecule has 0 saturated heterocycles. The van der Waals surface area contributed by atoms with Crippen LogP contribution < -0.4 is 5.32 Å². The lowest BCUT2D eigenvalue weighted by molar-refractivity contribution is 0.590. The minimum Gasteiger partial charge on any atom is -0.308 e. The van der Waals surface area contributed by atoms with E-state index in [2.05, 4.69) is 45.3 Å². The lowest BCUT2D eigenvalue weighted by Crippen LogP contribution is -2.17. The average molecular weight is 312 g/mol. The van der Waals surface area contributed by atoms with E-state index in [1.165, 1.54) is 0 Å². The zero-order chi connectivity index (χ0) is 12.3. The van der Waals surface area contributed by atoms with Crippen LogP contribution >= 0.6 is 27.3 Å². The van der Waals surface area contributed by atoms with Gasteiger partial charge in [0.15, 0.2) is 0 Å². The van der Waals surface area contributed by atoms with E-state index in [-0.39, 0.29) is 6.04 Å². The van der Waals surface area contributed by atoms with Crippen LogP contribution in [0.1, 0.15) is 24.9 Å². The van der Waals surface area contributed by atoms with E-state index in [1.807, 2.05) is 24.3 Å². The molecule has 0 fully saturated rings. The Bertz CT molecular complexity index is 498. The van der Waals surface area contributed by atoms with Crippen LogP contribution in [0.5, 0.6) is 0 Å². The molecule has 0 spiro atoms. The van der Waals surface area contributed by atoms with E-state index < -0.39 is 0 Å². The molecule has 2 aromatic rings. The second kappa shape index (κ2) is 5.71. The van der Waals surface area contributed by atoms with Crippen LogP contribution in [0, 0.1) is 0 Å². The van der Waals surface area contributed by atoms with E-state index in [4.69, 9.17) is 0 Å². The molecule has 17 heavy (non-hydrogen) atoms. The molecule has 1 atom stereocenters. The highest BCUT2D eigenvalue weighted by Gasteiger charge is 2.13. The van der Waals surface area contributed by atoms with Gasteiger partial charge < -0.3 is 5.32 Å². The molecule has 3 nitrogen and oxygen atoms in total. The van der Waals surface area contributed by atoms with Gasteiger partial charge in [0, 0.05) is 10.0 Å². The van der Waals surface area contributed by atoms with Crippen molar-refractivity contribution in [2.75, 3.05) is 6.54 Å². The Morgan fingerprint density at radius 2 is 2.12 bits per heavy atom. The molecule has 0 aliphatic rings. The van der Waals surface area contributed by atoms with Crippen LogP contribution in [-0.2, 0) is 0 Å². The topological polar surface area (TPSA) is 37.8 Å². The monoisotopic (exact) mass is 311 g/mol. The Hall–Kier alpha value is -0.780. The fraction of sp³-hybridized carbons (Fsp3) is 0.333. The summed E-state index contributed by atoms with van der Waals surface area (Å²) >= 11 is 5.17. The van der Waals surface area contributed by atoms with Gasteiger partial charge >= 0.3 is 0 Å². The molecule has 1 aromatic heterocycles. The summed E-state index contributed by atoms with van der Waals surface area (Å²) in [7, 11) is 0. The SMILES string of the molecule is CCNC(C)c1nnc(-c2ccccc2Br)s1. The normalized spacial score (nSPS) is 12.6. The van der Waals surface area contributed by atoms with Crippen LogP contribution in [0.4, 0.5) is 0 Å². The third-order valence-electron chi connectivity index (χ3n) is 2.43. The molecule has 1 aromatic carbocycles. The number of aromatic nitrogens is 2. The third-order valence-corrected chi connectivity index (χ3v) is 4.26. The van der Waals surface area contributed by atoms with E-state index in [0.717, 1.165) is 26.6 Å². The summed E-state index contributed by atoms with van der Waals surface area (Å²) in [5.41, 5.74) is 1.10. The summed E-state index contributed by atoms with van der Waals surface area (Å²) in [5.74, 6) is 0. The average Bonchev–Trinajstić information content (AvgIpc) is 2.79. The van der Waals surface area contributed by atoms with Crippen molar-refractivity contribution in [2.45, 2.75) is 19.9 Å². The molecular formula is C12H14BrN3S. The van der Waals surface area contributed by atoms with E-state index in [0.29, 0.717) is 0 Å². The van der Waals surface area contributed by atoms with E-state index in [1.54, 1.807) is 11.3 Å². The maximum absolute atomic E-state index is 4.25. The first-order valence-electron chi connectivity index (χ1n) is 5.54. The molecule has 1 unspecified atom stereocenters. The predicted octanol–water partition coefficient (Wildman–Crippen LogP) is 3.64. The Balaban J connectivity index is 2.27. The lowest BCUT2D eigenvalue weighted by atomic mass is 10.2. The Labute approximate surface area is 113 Å². The van der Waals surface area contributed by atoms with Gasteiger partial charge in [-0.05, 0) is 19.5 Å². The van der Waals surface area contributed by atoms with Crippen molar-refractivity contribution in [3.8, 4) is 10.6 Å². The fourth-order valence-electron chi connectivity index (χ4n) is 1.55. The van der Waals surface area contributed by atoms with Crippen molar-refractivity contribution < 1.29 is 0 Å². The van der Waals surface area contributed by atoms with Crippen molar-refractivity contribution >= 4 is 27.3 Å². The van der Waals surface area contributed by atoms with Gasteiger partial charge in [-0.25, -0.2) is 0 Å². The maximum atomic E-state index is 4.25. The van der Waals surface area contributed by atoms with Gasteiger partial charge in [0.05, 0.1) is 6.04 Å². The molecule has 1 N–H and O–H groups in total. The summed E-state index contributed by atoms with van der Waals surface area (Å²) in [5, 5.41) is 13.8. The van der Waals surface area contributed by atoms with Gasteiger partial charge in [0.2, 0.25) is 0 Å². The van der Waals surface area contributed by atoms with Crippen LogP contribution in [0.2, 0.25) is 0 Å². The molecular weight excluding hydrogens is 298 g/mol. The summed E-state index contributed by atoms with van der Waals surface area (Å²) in [6, 6.07) is 8.33. The number of nitrogens with zero attached hydrogens (tertiary/aromatic N) is 2. The van der Waals surface area contributed by atoms with Gasteiger partial charge in [0.1, 0.15) is 10.0 Å². The van der Waals surface area contributed by atoms with Gasteiger partial charge in [-0.1, -0.05) is 52.4 Å². The second-order valence-electron chi connectivity index (χ2n) is 3.70. The molecule has 0 bridgehead atoms. The number of rotatable bonds is 4. The first kappa shape index (κ1) is 12.7. The summed E-state index contributed by atoms with van der Waals surface area (Å²) in [6.07, 6.45) is 0. The highest BCUT2D eigenvalue weighted by Crippen LogP contribution is 2.31. The third kappa shape index (κ3) is 2.91. The van der Waals surface area contributed by atoms with Gasteiger partial charge in [-0.15, -0.1) is 10.2 Å². The minimum absolute atomic E-state index is 0.258. The molecule has 2 rings (SSSR count). The first-order valence-corrected chi connectivity index (χ1v) is 7.15. The zero-order valence-corrected chi connectivity index (χ0v) is 12.2. The van der Waals surface area contributed by atoms with Crippen molar-refractivity contribution in [1.29, 1.82) is 0 Å². The van der Waals surface area contributed by atoms with Gasteiger partial charge in [-0.2, -0.15) is 0 Å². The number of halogens is 1. The number of hydrogen-bond donors (Lipinski definition) is 1. The smallest absolute Gasteiger partial charge is 0.148 e. The van der Waals surface area contributed by atoms with Gasteiger partial charge in [-0.3, -0.25) is 0 Å². The molecule has 5 heteroatoms. The summed E-state index contributed by atoms with van der Waals surface area (Å²) in [4.78, 5) is 0. The molecule has 0 saturated carbocycles. The highest BCUT2D eigenvalue weighted by atomic mass is 79.9. The summed E-state index contributed by atoms with van der Waals surface area (Å²) < 4.78 is 1.05. The quantitative estimate of drug-likeness (QED) is 0.936. The van der Waals surface area contributed by atoms with Crippen molar-refractivity contribution in [2.24, 2.45) is 0 Å². The van der Waals surface area contributed by atoms with E-state index in [9.17, 15) is 0 Å². The molecule has 0 aliphatic heterocycles. The zero-order valence-electron chi connectivity index (χ0n) is 9.77. The number of hydrogen-bond acceptors (Lipinski definition) is 4. The Kier molecular flexibility index (Phi) is 4.25. The molecule has 1 heterocycles. The largest absolute Gasteiger partial charge is 0.308 e. The fourth-order valence-corrected chi connectivity index (χ4v) is 3.06. The molecule has 0 radical (unpaired) electrons. The van der Waals surface area contributed by atoms with E-state index >= 15 is 0 Å². The Morgan fingerprint density at radius 1 is 1.35 bits per heavy atom. The van der Waals surface area contributed by atoms with Crippen LogP contribution in [-0.4, -0.2) is 16.7 Å². The standard InChI is InChI=1S/C12H14BrN3S/c1-3-14-8(2)11-15-16-12(17-11)9-6-4-5-7-10(9)13/h4-8,14H,3H2,1-2H3. The summed E-state index contributed by atoms with van der Waals surface area (Å²) in [6.45, 7) is 5.13. The maximum Gasteiger partial charge on any atom is 0.148 e. The first-order chi connectivity index (χ1) is 8.22. The second-order valence-corrected chi connectivity index (χ2v) is 5.57. The predicted molar refractivity (Wildman–Crippen MR) is 75.1 cm³/mol. The van der Waals surface area contributed by atoms with Crippen LogP contribution in [0.3, 0.4) is 0 Å². The van der Waals surface area contributed by atoms with Gasteiger partial charge in [0.25, 0.3) is 0 Å².